The van der Waals surface area contributed by atoms with Crippen molar-refractivity contribution in [2.45, 2.75) is 6.92 Å². The number of anilines is 5. The van der Waals surface area contributed by atoms with Crippen molar-refractivity contribution in [3.05, 3.63) is 78.4 Å². The van der Waals surface area contributed by atoms with E-state index in [1.54, 1.807) is 43.6 Å². The van der Waals surface area contributed by atoms with Gasteiger partial charge >= 0.3 is 0 Å². The minimum atomic E-state index is -0.426. The van der Waals surface area contributed by atoms with Crippen LogP contribution in [0.2, 0.25) is 0 Å². The smallest absolute Gasteiger partial charge is 0.232 e. The molecule has 8 nitrogen and oxygen atoms in total. The molecule has 3 aromatic rings. The third-order valence-corrected chi connectivity index (χ3v) is 4.50. The molecule has 1 aromatic heterocycles. The van der Waals surface area contributed by atoms with Crippen molar-refractivity contribution < 1.29 is 9.18 Å². The molecule has 0 unspecified atom stereocenters. The second-order valence-corrected chi connectivity index (χ2v) is 6.58. The van der Waals surface area contributed by atoms with Crippen molar-refractivity contribution in [3.8, 4) is 0 Å². The molecule has 0 bridgehead atoms. The van der Waals surface area contributed by atoms with Gasteiger partial charge in [-0.2, -0.15) is 4.98 Å². The Bertz CT molecular complexity index is 1100. The summed E-state index contributed by atoms with van der Waals surface area (Å²) >= 11 is 0. The van der Waals surface area contributed by atoms with E-state index in [1.165, 1.54) is 29.4 Å². The molecular formula is C22H24FN7O. The van der Waals surface area contributed by atoms with Crippen LogP contribution in [0.15, 0.2) is 67.0 Å². The van der Waals surface area contributed by atoms with Crippen LogP contribution in [0.25, 0.3) is 0 Å². The van der Waals surface area contributed by atoms with Gasteiger partial charge in [-0.3, -0.25) is 9.80 Å². The van der Waals surface area contributed by atoms with Gasteiger partial charge in [-0.1, -0.05) is 18.2 Å². The first-order valence-electron chi connectivity index (χ1n) is 9.63. The van der Waals surface area contributed by atoms with Gasteiger partial charge in [0.15, 0.2) is 11.6 Å². The van der Waals surface area contributed by atoms with E-state index >= 15 is 0 Å². The van der Waals surface area contributed by atoms with E-state index in [9.17, 15) is 9.18 Å². The zero-order valence-corrected chi connectivity index (χ0v) is 17.3. The number of ketones is 1. The van der Waals surface area contributed by atoms with Crippen molar-refractivity contribution >= 4 is 34.6 Å². The highest BCUT2D eigenvalue weighted by Gasteiger charge is 2.17. The lowest BCUT2D eigenvalue weighted by molar-refractivity contribution is 0.104. The Balaban J connectivity index is 1.97. The number of hydrogen-bond donors (Lipinski definition) is 3. The SMILES string of the molecule is CCN(c1cccc(C(=O)/C=C/NC)c1)c1ncc(N)c(N(N)c2cccc(F)c2)n1. The highest BCUT2D eigenvalue weighted by molar-refractivity contribution is 6.05. The van der Waals surface area contributed by atoms with Crippen LogP contribution in [0.4, 0.5) is 33.2 Å². The Labute approximate surface area is 180 Å². The molecule has 3 rings (SSSR count). The molecule has 1 heterocycles. The van der Waals surface area contributed by atoms with Gasteiger partial charge in [0.1, 0.15) is 5.82 Å². The molecule has 31 heavy (non-hydrogen) atoms. The minimum Gasteiger partial charge on any atom is -0.394 e. The first kappa shape index (κ1) is 21.7. The van der Waals surface area contributed by atoms with E-state index < -0.39 is 5.82 Å². The lowest BCUT2D eigenvalue weighted by Crippen LogP contribution is -2.28. The molecule has 0 aliphatic rings. The lowest BCUT2D eigenvalue weighted by Gasteiger charge is -2.24. The third-order valence-electron chi connectivity index (χ3n) is 4.50. The van der Waals surface area contributed by atoms with Crippen molar-refractivity contribution in [2.75, 3.05) is 29.2 Å². The zero-order chi connectivity index (χ0) is 22.4. The van der Waals surface area contributed by atoms with Crippen LogP contribution in [0, 0.1) is 5.82 Å². The topological polar surface area (TPSA) is 113 Å². The predicted octanol–water partition coefficient (Wildman–Crippen LogP) is 3.28. The molecule has 0 aliphatic heterocycles. The van der Waals surface area contributed by atoms with Crippen molar-refractivity contribution in [1.29, 1.82) is 0 Å². The highest BCUT2D eigenvalue weighted by atomic mass is 19.1. The molecule has 0 atom stereocenters. The summed E-state index contributed by atoms with van der Waals surface area (Å²) in [5, 5.41) is 4.01. The molecule has 0 amide bonds. The van der Waals surface area contributed by atoms with Crippen LogP contribution in [0.1, 0.15) is 17.3 Å². The average molecular weight is 421 g/mol. The van der Waals surface area contributed by atoms with E-state index in [0.29, 0.717) is 23.7 Å². The fourth-order valence-corrected chi connectivity index (χ4v) is 2.97. The van der Waals surface area contributed by atoms with Crippen molar-refractivity contribution in [3.63, 3.8) is 0 Å². The maximum Gasteiger partial charge on any atom is 0.232 e. The number of rotatable bonds is 8. The maximum atomic E-state index is 13.6. The van der Waals surface area contributed by atoms with E-state index in [0.717, 1.165) is 5.69 Å². The monoisotopic (exact) mass is 421 g/mol. The summed E-state index contributed by atoms with van der Waals surface area (Å²) < 4.78 is 13.6. The van der Waals surface area contributed by atoms with E-state index in [-0.39, 0.29) is 17.3 Å². The largest absolute Gasteiger partial charge is 0.394 e. The Hall–Kier alpha value is -3.98. The number of hydrazine groups is 1. The van der Waals surface area contributed by atoms with E-state index in [2.05, 4.69) is 15.3 Å². The Kier molecular flexibility index (Phi) is 6.78. The number of allylic oxidation sites excluding steroid dienone is 1. The lowest BCUT2D eigenvalue weighted by atomic mass is 10.1. The molecule has 5 N–H and O–H groups in total. The normalized spacial score (nSPS) is 10.8. The number of nitrogens with zero attached hydrogens (tertiary/aromatic N) is 4. The summed E-state index contributed by atoms with van der Waals surface area (Å²) in [6, 6.07) is 12.9. The number of carbonyl (C=O) groups is 1. The number of nitrogen functional groups attached to an aromatic ring is 1. The second-order valence-electron chi connectivity index (χ2n) is 6.58. The quantitative estimate of drug-likeness (QED) is 0.220. The molecule has 160 valence electrons. The Morgan fingerprint density at radius 2 is 1.94 bits per heavy atom. The van der Waals surface area contributed by atoms with E-state index in [4.69, 9.17) is 11.6 Å². The zero-order valence-electron chi connectivity index (χ0n) is 17.3. The number of carbonyl (C=O) groups excluding carboxylic acids is 1. The Morgan fingerprint density at radius 3 is 2.65 bits per heavy atom. The average Bonchev–Trinajstić information content (AvgIpc) is 2.78. The van der Waals surface area contributed by atoms with Crippen LogP contribution in [-0.2, 0) is 0 Å². The highest BCUT2D eigenvalue weighted by Crippen LogP contribution is 2.30. The third kappa shape index (κ3) is 4.96. The number of aromatic nitrogens is 2. The Morgan fingerprint density at radius 1 is 1.19 bits per heavy atom. The molecule has 0 saturated carbocycles. The second kappa shape index (κ2) is 9.68. The van der Waals surface area contributed by atoms with Gasteiger partial charge in [-0.15, -0.1) is 0 Å². The fourth-order valence-electron chi connectivity index (χ4n) is 2.97. The predicted molar refractivity (Wildman–Crippen MR) is 121 cm³/mol. The molecule has 2 aromatic carbocycles. The summed E-state index contributed by atoms with van der Waals surface area (Å²) in [6.45, 7) is 2.46. The maximum absolute atomic E-state index is 13.6. The first-order valence-corrected chi connectivity index (χ1v) is 9.63. The van der Waals surface area contributed by atoms with Crippen LogP contribution in [0.3, 0.4) is 0 Å². The number of nitrogens with two attached hydrogens (primary N) is 2. The summed E-state index contributed by atoms with van der Waals surface area (Å²) in [7, 11) is 1.72. The van der Waals surface area contributed by atoms with Crippen LogP contribution in [0.5, 0.6) is 0 Å². The standard InChI is InChI=1S/C22H24FN7O/c1-3-29(17-8-4-6-15(12-17)20(31)10-11-26-2)22-27-14-19(24)21(28-22)30(25)18-9-5-7-16(23)13-18/h4-14,26H,3,24-25H2,1-2H3/b11-10+. The van der Waals surface area contributed by atoms with Crippen LogP contribution < -0.4 is 26.8 Å². The van der Waals surface area contributed by atoms with E-state index in [1.807, 2.05) is 17.9 Å². The van der Waals surface area contributed by atoms with Gasteiger partial charge in [0.2, 0.25) is 5.95 Å². The first-order chi connectivity index (χ1) is 14.9. The van der Waals surface area contributed by atoms with Crippen LogP contribution in [-0.4, -0.2) is 29.3 Å². The molecule has 0 spiro atoms. The van der Waals surface area contributed by atoms with Gasteiger partial charge in [-0.25, -0.2) is 15.2 Å². The molecule has 0 aliphatic carbocycles. The summed E-state index contributed by atoms with van der Waals surface area (Å²) in [5.41, 5.74) is 7.93. The van der Waals surface area contributed by atoms with Gasteiger partial charge in [0.05, 0.1) is 17.6 Å². The van der Waals surface area contributed by atoms with Gasteiger partial charge in [0.25, 0.3) is 0 Å². The summed E-state index contributed by atoms with van der Waals surface area (Å²) in [6.07, 6.45) is 4.48. The van der Waals surface area contributed by atoms with Gasteiger partial charge < -0.3 is 16.0 Å². The van der Waals surface area contributed by atoms with Gasteiger partial charge in [-0.05, 0) is 37.3 Å². The number of nitrogens with one attached hydrogen (secondary N) is 1. The summed E-state index contributed by atoms with van der Waals surface area (Å²) in [4.78, 5) is 23.0. The number of halogens is 1. The molecular weight excluding hydrogens is 397 g/mol. The molecule has 0 radical (unpaired) electrons. The summed E-state index contributed by atoms with van der Waals surface area (Å²) in [5.74, 6) is 6.18. The van der Waals surface area contributed by atoms with Crippen molar-refractivity contribution in [2.24, 2.45) is 5.84 Å². The molecule has 0 fully saturated rings. The number of hydrogen-bond acceptors (Lipinski definition) is 8. The van der Waals surface area contributed by atoms with Crippen molar-refractivity contribution in [1.82, 2.24) is 15.3 Å². The minimum absolute atomic E-state index is 0.134. The number of benzene rings is 2. The molecule has 0 saturated heterocycles. The fraction of sp³-hybridized carbons (Fsp3) is 0.136. The van der Waals surface area contributed by atoms with Gasteiger partial charge in [0, 0.05) is 37.1 Å². The van der Waals surface area contributed by atoms with Crippen LogP contribution >= 0.6 is 0 Å². The molecule has 9 heteroatoms.